The third kappa shape index (κ3) is 6.13. The van der Waals surface area contributed by atoms with Crippen molar-refractivity contribution in [3.63, 3.8) is 0 Å². The van der Waals surface area contributed by atoms with Crippen LogP contribution in [0.3, 0.4) is 0 Å². The zero-order valence-corrected chi connectivity index (χ0v) is 11.2. The Morgan fingerprint density at radius 3 is 0.947 bits per heavy atom. The van der Waals surface area contributed by atoms with E-state index >= 15 is 0 Å². The van der Waals surface area contributed by atoms with Crippen molar-refractivity contribution in [1.82, 2.24) is 4.90 Å². The normalized spacial score (nSPS) is 16.6. The van der Waals surface area contributed by atoms with Gasteiger partial charge in [-0.15, -0.1) is 0 Å². The minimum absolute atomic E-state index is 0.129. The van der Waals surface area contributed by atoms with Gasteiger partial charge in [-0.2, -0.15) is 0 Å². The number of nitrogens with zero attached hydrogens (tertiary/aromatic N) is 1. The van der Waals surface area contributed by atoms with Gasteiger partial charge in [0.15, 0.2) is 0 Å². The molecule has 7 nitrogen and oxygen atoms in total. The highest BCUT2D eigenvalue weighted by Crippen LogP contribution is 2.18. The topological polar surface area (TPSA) is 125 Å². The van der Waals surface area contributed by atoms with E-state index in [1.54, 1.807) is 4.90 Å². The molecule has 0 radical (unpaired) electrons. The van der Waals surface area contributed by atoms with Crippen LogP contribution in [0, 0.1) is 0 Å². The molecule has 0 saturated carbocycles. The summed E-state index contributed by atoms with van der Waals surface area (Å²) in [5.74, 6) is 0. The van der Waals surface area contributed by atoms with Gasteiger partial charge < -0.3 is 30.6 Å². The van der Waals surface area contributed by atoms with E-state index in [1.165, 1.54) is 0 Å². The molecule has 6 N–H and O–H groups in total. The first-order valence-electron chi connectivity index (χ1n) is 6.62. The van der Waals surface area contributed by atoms with Crippen LogP contribution in [0.15, 0.2) is 0 Å². The molecule has 0 rings (SSSR count). The molecule has 19 heavy (non-hydrogen) atoms. The molecule has 3 atom stereocenters. The van der Waals surface area contributed by atoms with E-state index in [-0.39, 0.29) is 39.6 Å². The van der Waals surface area contributed by atoms with Crippen molar-refractivity contribution < 1.29 is 30.6 Å². The summed E-state index contributed by atoms with van der Waals surface area (Å²) in [5, 5.41) is 55.3. The van der Waals surface area contributed by atoms with Crippen LogP contribution in [-0.4, -0.2) is 93.3 Å². The SMILES string of the molecule is OCCC(CO)N(C(CO)CCO)C(CO)CCO. The van der Waals surface area contributed by atoms with Gasteiger partial charge in [0.2, 0.25) is 0 Å². The predicted molar refractivity (Wildman–Crippen MR) is 69.6 cm³/mol. The van der Waals surface area contributed by atoms with Crippen molar-refractivity contribution in [3.05, 3.63) is 0 Å². The van der Waals surface area contributed by atoms with Crippen molar-refractivity contribution in [2.24, 2.45) is 0 Å². The molecule has 0 aliphatic carbocycles. The van der Waals surface area contributed by atoms with Crippen LogP contribution in [0.4, 0.5) is 0 Å². The zero-order valence-electron chi connectivity index (χ0n) is 11.2. The first kappa shape index (κ1) is 18.7. The highest BCUT2D eigenvalue weighted by Gasteiger charge is 2.31. The van der Waals surface area contributed by atoms with E-state index in [4.69, 9.17) is 15.3 Å². The maximum Gasteiger partial charge on any atom is 0.0588 e. The largest absolute Gasteiger partial charge is 0.396 e. The molecular formula is C12H27NO6. The Kier molecular flexibility index (Phi) is 11.4. The molecular weight excluding hydrogens is 254 g/mol. The van der Waals surface area contributed by atoms with Gasteiger partial charge in [-0.25, -0.2) is 0 Å². The molecule has 0 heterocycles. The zero-order chi connectivity index (χ0) is 14.7. The van der Waals surface area contributed by atoms with Crippen molar-refractivity contribution in [1.29, 1.82) is 0 Å². The standard InChI is InChI=1S/C12H27NO6/c14-4-1-10(7-17)13(11(8-18)2-5-15)12(9-19)3-6-16/h10-12,14-19H,1-9H2. The summed E-state index contributed by atoms with van der Waals surface area (Å²) >= 11 is 0. The van der Waals surface area contributed by atoms with Crippen LogP contribution in [0.1, 0.15) is 19.3 Å². The van der Waals surface area contributed by atoms with Gasteiger partial charge in [-0.05, 0) is 19.3 Å². The molecule has 0 amide bonds. The predicted octanol–water partition coefficient (Wildman–Crippen LogP) is -2.48. The lowest BCUT2D eigenvalue weighted by Gasteiger charge is -2.41. The second kappa shape index (κ2) is 11.5. The van der Waals surface area contributed by atoms with E-state index in [0.29, 0.717) is 19.3 Å². The van der Waals surface area contributed by atoms with E-state index in [1.807, 2.05) is 0 Å². The summed E-state index contributed by atoms with van der Waals surface area (Å²) in [5.41, 5.74) is 0. The number of aliphatic hydroxyl groups is 6. The quantitative estimate of drug-likeness (QED) is 0.234. The number of hydrogen-bond acceptors (Lipinski definition) is 7. The summed E-state index contributed by atoms with van der Waals surface area (Å²) in [4.78, 5) is 1.70. The smallest absolute Gasteiger partial charge is 0.0588 e. The van der Waals surface area contributed by atoms with Gasteiger partial charge in [0.05, 0.1) is 19.8 Å². The molecule has 0 fully saturated rings. The fourth-order valence-electron chi connectivity index (χ4n) is 2.35. The summed E-state index contributed by atoms with van der Waals surface area (Å²) < 4.78 is 0. The van der Waals surface area contributed by atoms with Gasteiger partial charge in [-0.3, -0.25) is 4.90 Å². The molecule has 0 aromatic heterocycles. The van der Waals surface area contributed by atoms with E-state index in [0.717, 1.165) is 0 Å². The van der Waals surface area contributed by atoms with Crippen molar-refractivity contribution in [2.75, 3.05) is 39.6 Å². The molecule has 0 aromatic carbocycles. The van der Waals surface area contributed by atoms with Crippen LogP contribution in [0.2, 0.25) is 0 Å². The molecule has 0 bridgehead atoms. The minimum Gasteiger partial charge on any atom is -0.396 e. The van der Waals surface area contributed by atoms with Crippen LogP contribution in [-0.2, 0) is 0 Å². The maximum atomic E-state index is 9.41. The van der Waals surface area contributed by atoms with Crippen LogP contribution in [0.25, 0.3) is 0 Å². The minimum atomic E-state index is -0.433. The van der Waals surface area contributed by atoms with Gasteiger partial charge in [0, 0.05) is 37.9 Å². The number of aliphatic hydroxyl groups excluding tert-OH is 6. The first-order valence-corrected chi connectivity index (χ1v) is 6.62. The average molecular weight is 281 g/mol. The third-order valence-corrected chi connectivity index (χ3v) is 3.28. The van der Waals surface area contributed by atoms with Crippen molar-refractivity contribution in [2.45, 2.75) is 37.4 Å². The molecule has 0 aliphatic heterocycles. The van der Waals surface area contributed by atoms with Crippen molar-refractivity contribution in [3.8, 4) is 0 Å². The maximum absolute atomic E-state index is 9.41. The van der Waals surface area contributed by atoms with Crippen LogP contribution < -0.4 is 0 Å². The molecule has 116 valence electrons. The Balaban J connectivity index is 5.04. The third-order valence-electron chi connectivity index (χ3n) is 3.28. The van der Waals surface area contributed by atoms with E-state index in [9.17, 15) is 15.3 Å². The molecule has 0 aliphatic rings. The Morgan fingerprint density at radius 2 is 0.789 bits per heavy atom. The molecule has 7 heteroatoms. The monoisotopic (exact) mass is 281 g/mol. The van der Waals surface area contributed by atoms with E-state index < -0.39 is 18.1 Å². The first-order chi connectivity index (χ1) is 9.19. The Labute approximate surface area is 113 Å². The van der Waals surface area contributed by atoms with Gasteiger partial charge in [-0.1, -0.05) is 0 Å². The summed E-state index contributed by atoms with van der Waals surface area (Å²) in [6, 6.07) is -1.30. The molecule has 0 spiro atoms. The summed E-state index contributed by atoms with van der Waals surface area (Å²) in [6.07, 6.45) is 0.876. The summed E-state index contributed by atoms with van der Waals surface area (Å²) in [6.45, 7) is -1.08. The highest BCUT2D eigenvalue weighted by molar-refractivity contribution is 4.85. The highest BCUT2D eigenvalue weighted by atomic mass is 16.3. The Hall–Kier alpha value is -0.280. The fraction of sp³-hybridized carbons (Fsp3) is 1.00. The Bertz CT molecular complexity index is 173. The summed E-state index contributed by atoms with van der Waals surface area (Å²) in [7, 11) is 0. The average Bonchev–Trinajstić information content (AvgIpc) is 2.43. The molecule has 3 unspecified atom stereocenters. The number of rotatable bonds is 12. The number of hydrogen-bond donors (Lipinski definition) is 6. The second-order valence-electron chi connectivity index (χ2n) is 4.49. The van der Waals surface area contributed by atoms with E-state index in [2.05, 4.69) is 0 Å². The van der Waals surface area contributed by atoms with Gasteiger partial charge >= 0.3 is 0 Å². The Morgan fingerprint density at radius 1 is 0.526 bits per heavy atom. The molecule has 0 aromatic rings. The lowest BCUT2D eigenvalue weighted by Crippen LogP contribution is -2.54. The lowest BCUT2D eigenvalue weighted by atomic mass is 10.0. The van der Waals surface area contributed by atoms with Crippen LogP contribution >= 0.6 is 0 Å². The lowest BCUT2D eigenvalue weighted by molar-refractivity contribution is -0.0251. The van der Waals surface area contributed by atoms with Gasteiger partial charge in [0.1, 0.15) is 0 Å². The fourth-order valence-corrected chi connectivity index (χ4v) is 2.35. The van der Waals surface area contributed by atoms with Crippen molar-refractivity contribution >= 4 is 0 Å². The molecule has 0 saturated heterocycles. The second-order valence-corrected chi connectivity index (χ2v) is 4.49. The van der Waals surface area contributed by atoms with Gasteiger partial charge in [0.25, 0.3) is 0 Å². The van der Waals surface area contributed by atoms with Crippen LogP contribution in [0.5, 0.6) is 0 Å².